The van der Waals surface area contributed by atoms with Gasteiger partial charge in [-0.15, -0.1) is 0 Å². The molecule has 1 N–H and O–H groups in total. The lowest BCUT2D eigenvalue weighted by molar-refractivity contribution is 0.158. The van der Waals surface area contributed by atoms with Crippen LogP contribution in [0.5, 0.6) is 0 Å². The van der Waals surface area contributed by atoms with Crippen LogP contribution in [-0.4, -0.2) is 48.7 Å². The van der Waals surface area contributed by atoms with Crippen LogP contribution in [0.25, 0.3) is 0 Å². The summed E-state index contributed by atoms with van der Waals surface area (Å²) < 4.78 is 5.03. The summed E-state index contributed by atoms with van der Waals surface area (Å²) in [4.78, 5) is 10.8. The van der Waals surface area contributed by atoms with Crippen molar-refractivity contribution in [1.82, 2.24) is 14.9 Å². The third-order valence-electron chi connectivity index (χ3n) is 2.37. The van der Waals surface area contributed by atoms with E-state index in [-0.39, 0.29) is 0 Å². The number of ether oxygens (including phenoxy) is 1. The lowest BCUT2D eigenvalue weighted by atomic mass is 10.4. The summed E-state index contributed by atoms with van der Waals surface area (Å²) in [6.07, 6.45) is 4.69. The van der Waals surface area contributed by atoms with Crippen molar-refractivity contribution in [2.75, 3.05) is 39.2 Å². The summed E-state index contributed by atoms with van der Waals surface area (Å²) in [7, 11) is 3.76. The molecule has 5 heteroatoms. The zero-order chi connectivity index (χ0) is 12.5. The Hall–Kier alpha value is -1.20. The standard InChI is InChI=1S/C12H22N4O/c1-4-5-13-12-9-14-11(8-15-12)10-16(2)6-7-17-3/h8-9H,4-7,10H2,1-3H3,(H,13,15). The van der Waals surface area contributed by atoms with Gasteiger partial charge in [-0.05, 0) is 13.5 Å². The van der Waals surface area contributed by atoms with E-state index in [1.165, 1.54) is 0 Å². The van der Waals surface area contributed by atoms with Gasteiger partial charge in [-0.3, -0.25) is 9.88 Å². The smallest absolute Gasteiger partial charge is 0.144 e. The molecule has 0 unspecified atom stereocenters. The van der Waals surface area contributed by atoms with Crippen molar-refractivity contribution in [2.45, 2.75) is 19.9 Å². The molecule has 1 heterocycles. The Morgan fingerprint density at radius 1 is 1.35 bits per heavy atom. The molecule has 17 heavy (non-hydrogen) atoms. The second-order valence-corrected chi connectivity index (χ2v) is 4.05. The summed E-state index contributed by atoms with van der Waals surface area (Å²) in [5.41, 5.74) is 0.977. The predicted octanol–water partition coefficient (Wildman–Crippen LogP) is 1.38. The molecule has 0 bridgehead atoms. The molecule has 0 spiro atoms. The minimum Gasteiger partial charge on any atom is -0.383 e. The van der Waals surface area contributed by atoms with Crippen LogP contribution in [-0.2, 0) is 11.3 Å². The van der Waals surface area contributed by atoms with Crippen molar-refractivity contribution in [2.24, 2.45) is 0 Å². The molecule has 0 saturated heterocycles. The first-order valence-corrected chi connectivity index (χ1v) is 5.98. The van der Waals surface area contributed by atoms with Gasteiger partial charge >= 0.3 is 0 Å². The van der Waals surface area contributed by atoms with Crippen molar-refractivity contribution < 1.29 is 4.74 Å². The molecule has 0 saturated carbocycles. The van der Waals surface area contributed by atoms with E-state index in [1.54, 1.807) is 13.3 Å². The number of nitrogens with zero attached hydrogens (tertiary/aromatic N) is 3. The largest absolute Gasteiger partial charge is 0.383 e. The first-order valence-electron chi connectivity index (χ1n) is 5.98. The predicted molar refractivity (Wildman–Crippen MR) is 69.0 cm³/mol. The van der Waals surface area contributed by atoms with Crippen LogP contribution in [0.4, 0.5) is 5.82 Å². The molecular weight excluding hydrogens is 216 g/mol. The number of nitrogens with one attached hydrogen (secondary N) is 1. The minimum atomic E-state index is 0.736. The van der Waals surface area contributed by atoms with Crippen LogP contribution >= 0.6 is 0 Å². The summed E-state index contributed by atoms with van der Waals surface area (Å²) >= 11 is 0. The average molecular weight is 238 g/mol. The maximum absolute atomic E-state index is 5.03. The zero-order valence-corrected chi connectivity index (χ0v) is 10.9. The number of hydrogen-bond acceptors (Lipinski definition) is 5. The summed E-state index contributed by atoms with van der Waals surface area (Å²) in [6, 6.07) is 0. The fourth-order valence-corrected chi connectivity index (χ4v) is 1.38. The molecule has 5 nitrogen and oxygen atoms in total. The Kier molecular flexibility index (Phi) is 6.50. The van der Waals surface area contributed by atoms with E-state index in [0.29, 0.717) is 0 Å². The first kappa shape index (κ1) is 13.9. The number of hydrogen-bond donors (Lipinski definition) is 1. The maximum atomic E-state index is 5.03. The Labute approximate surface area is 103 Å². The van der Waals surface area contributed by atoms with Gasteiger partial charge in [0.2, 0.25) is 0 Å². The molecule has 1 aromatic rings. The molecule has 0 aromatic carbocycles. The number of rotatable bonds is 8. The van der Waals surface area contributed by atoms with Crippen LogP contribution in [0, 0.1) is 0 Å². The summed E-state index contributed by atoms with van der Waals surface area (Å²) in [5, 5.41) is 3.20. The van der Waals surface area contributed by atoms with Gasteiger partial charge in [-0.25, -0.2) is 4.98 Å². The highest BCUT2D eigenvalue weighted by Gasteiger charge is 2.02. The van der Waals surface area contributed by atoms with E-state index in [1.807, 2.05) is 13.2 Å². The molecule has 0 fully saturated rings. The van der Waals surface area contributed by atoms with Gasteiger partial charge in [0, 0.05) is 26.7 Å². The average Bonchev–Trinajstić information content (AvgIpc) is 2.35. The van der Waals surface area contributed by atoms with Crippen LogP contribution in [0.2, 0.25) is 0 Å². The molecule has 0 radical (unpaired) electrons. The van der Waals surface area contributed by atoms with Gasteiger partial charge in [0.25, 0.3) is 0 Å². The highest BCUT2D eigenvalue weighted by atomic mass is 16.5. The molecule has 0 aliphatic heterocycles. The van der Waals surface area contributed by atoms with E-state index in [2.05, 4.69) is 27.1 Å². The van der Waals surface area contributed by atoms with Crippen molar-refractivity contribution >= 4 is 5.82 Å². The molecule has 1 aromatic heterocycles. The van der Waals surface area contributed by atoms with E-state index < -0.39 is 0 Å². The van der Waals surface area contributed by atoms with E-state index >= 15 is 0 Å². The summed E-state index contributed by atoms with van der Waals surface area (Å²) in [6.45, 7) is 5.49. The summed E-state index contributed by atoms with van der Waals surface area (Å²) in [5.74, 6) is 0.843. The van der Waals surface area contributed by atoms with E-state index in [0.717, 1.165) is 44.2 Å². The van der Waals surface area contributed by atoms with Gasteiger partial charge in [0.15, 0.2) is 0 Å². The molecular formula is C12H22N4O. The lowest BCUT2D eigenvalue weighted by Crippen LogP contribution is -2.23. The number of likely N-dealkylation sites (N-methyl/N-ethyl adjacent to an activating group) is 1. The Morgan fingerprint density at radius 3 is 2.76 bits per heavy atom. The van der Waals surface area contributed by atoms with Crippen LogP contribution in [0.3, 0.4) is 0 Å². The second kappa shape index (κ2) is 7.97. The number of anilines is 1. The van der Waals surface area contributed by atoms with Crippen LogP contribution in [0.15, 0.2) is 12.4 Å². The van der Waals surface area contributed by atoms with Crippen molar-refractivity contribution in [3.63, 3.8) is 0 Å². The third-order valence-corrected chi connectivity index (χ3v) is 2.37. The Balaban J connectivity index is 2.39. The quantitative estimate of drug-likeness (QED) is 0.741. The van der Waals surface area contributed by atoms with Crippen molar-refractivity contribution in [3.05, 3.63) is 18.1 Å². The van der Waals surface area contributed by atoms with Crippen molar-refractivity contribution in [1.29, 1.82) is 0 Å². The van der Waals surface area contributed by atoms with Crippen LogP contribution in [0.1, 0.15) is 19.0 Å². The van der Waals surface area contributed by atoms with Gasteiger partial charge in [0.05, 0.1) is 24.7 Å². The van der Waals surface area contributed by atoms with Gasteiger partial charge in [-0.1, -0.05) is 6.92 Å². The van der Waals surface area contributed by atoms with Gasteiger partial charge in [0.1, 0.15) is 5.82 Å². The lowest BCUT2D eigenvalue weighted by Gasteiger charge is -2.15. The topological polar surface area (TPSA) is 50.3 Å². The number of aromatic nitrogens is 2. The monoisotopic (exact) mass is 238 g/mol. The molecule has 1 rings (SSSR count). The third kappa shape index (κ3) is 5.60. The van der Waals surface area contributed by atoms with Crippen molar-refractivity contribution in [3.8, 4) is 0 Å². The molecule has 0 aliphatic carbocycles. The highest BCUT2D eigenvalue weighted by Crippen LogP contribution is 2.03. The first-order chi connectivity index (χ1) is 8.26. The number of methoxy groups -OCH3 is 1. The fourth-order valence-electron chi connectivity index (χ4n) is 1.38. The zero-order valence-electron chi connectivity index (χ0n) is 10.9. The SMILES string of the molecule is CCCNc1cnc(CN(C)CCOC)cn1. The molecule has 0 atom stereocenters. The fraction of sp³-hybridized carbons (Fsp3) is 0.667. The molecule has 96 valence electrons. The minimum absolute atomic E-state index is 0.736. The maximum Gasteiger partial charge on any atom is 0.144 e. The molecule has 0 amide bonds. The van der Waals surface area contributed by atoms with Gasteiger partial charge < -0.3 is 10.1 Å². The highest BCUT2D eigenvalue weighted by molar-refractivity contribution is 5.30. The normalized spacial score (nSPS) is 10.8. The Morgan fingerprint density at radius 2 is 2.18 bits per heavy atom. The van der Waals surface area contributed by atoms with E-state index in [9.17, 15) is 0 Å². The van der Waals surface area contributed by atoms with Crippen LogP contribution < -0.4 is 5.32 Å². The Bertz CT molecular complexity index is 302. The second-order valence-electron chi connectivity index (χ2n) is 4.05. The van der Waals surface area contributed by atoms with Gasteiger partial charge in [-0.2, -0.15) is 0 Å². The molecule has 0 aliphatic rings. The van der Waals surface area contributed by atoms with E-state index in [4.69, 9.17) is 4.74 Å².